The number of ether oxygens (including phenoxy) is 1. The molecule has 0 saturated heterocycles. The molecule has 3 heterocycles. The number of aryl methyl sites for hydroxylation is 1. The molecule has 6 heteroatoms. The molecule has 1 unspecified atom stereocenters. The van der Waals surface area contributed by atoms with Gasteiger partial charge in [-0.05, 0) is 42.0 Å². The van der Waals surface area contributed by atoms with Crippen LogP contribution in [-0.2, 0) is 13.0 Å². The first-order chi connectivity index (χ1) is 16.3. The Bertz CT molecular complexity index is 1420. The zero-order chi connectivity index (χ0) is 22.2. The van der Waals surface area contributed by atoms with Crippen LogP contribution in [0.3, 0.4) is 0 Å². The fourth-order valence-electron chi connectivity index (χ4n) is 4.77. The van der Waals surface area contributed by atoms with Gasteiger partial charge in [-0.3, -0.25) is 0 Å². The summed E-state index contributed by atoms with van der Waals surface area (Å²) in [5, 5.41) is 1.88. The van der Waals surface area contributed by atoms with Crippen LogP contribution >= 0.6 is 11.6 Å². The number of nitrogens with zero attached hydrogens (tertiary/aromatic N) is 3. The number of pyridine rings is 1. The van der Waals surface area contributed by atoms with Crippen LogP contribution in [0.15, 0.2) is 79.5 Å². The minimum absolute atomic E-state index is 0.209. The lowest BCUT2D eigenvalue weighted by Gasteiger charge is -2.27. The number of rotatable bonds is 5. The van der Waals surface area contributed by atoms with Crippen LogP contribution in [0, 0.1) is 0 Å². The molecule has 5 nitrogen and oxygen atoms in total. The van der Waals surface area contributed by atoms with Gasteiger partial charge in [0, 0.05) is 34.4 Å². The second kappa shape index (κ2) is 8.41. The lowest BCUT2D eigenvalue weighted by molar-refractivity contribution is 0.294. The maximum Gasteiger partial charge on any atom is 0.214 e. The minimum atomic E-state index is 0.209. The van der Waals surface area contributed by atoms with Gasteiger partial charge >= 0.3 is 0 Å². The second-order valence-electron chi connectivity index (χ2n) is 8.47. The van der Waals surface area contributed by atoms with Crippen molar-refractivity contribution in [2.75, 3.05) is 0 Å². The molecule has 0 radical (unpaired) electrons. The lowest BCUT2D eigenvalue weighted by Crippen LogP contribution is -2.16. The molecule has 33 heavy (non-hydrogen) atoms. The first-order valence-corrected chi connectivity index (χ1v) is 11.6. The third-order valence-corrected chi connectivity index (χ3v) is 6.74. The van der Waals surface area contributed by atoms with Crippen molar-refractivity contribution in [2.24, 2.45) is 0 Å². The van der Waals surface area contributed by atoms with Gasteiger partial charge in [-0.1, -0.05) is 54.1 Å². The molecule has 1 aliphatic rings. The number of halogens is 1. The van der Waals surface area contributed by atoms with E-state index in [0.29, 0.717) is 12.5 Å². The molecule has 1 aliphatic carbocycles. The molecule has 0 spiro atoms. The first-order valence-electron chi connectivity index (χ1n) is 11.2. The van der Waals surface area contributed by atoms with Crippen LogP contribution in [0.5, 0.6) is 5.88 Å². The Labute approximate surface area is 197 Å². The van der Waals surface area contributed by atoms with Gasteiger partial charge in [0.25, 0.3) is 0 Å². The van der Waals surface area contributed by atoms with Crippen molar-refractivity contribution in [1.82, 2.24) is 19.5 Å². The van der Waals surface area contributed by atoms with Crippen molar-refractivity contribution >= 4 is 22.5 Å². The topological polar surface area (TPSA) is 55.7 Å². The van der Waals surface area contributed by atoms with Gasteiger partial charge in [-0.15, -0.1) is 0 Å². The average Bonchev–Trinajstić information content (AvgIpc) is 3.50. The number of aromatic amines is 1. The van der Waals surface area contributed by atoms with E-state index < -0.39 is 0 Å². The van der Waals surface area contributed by atoms with Gasteiger partial charge in [0.15, 0.2) is 0 Å². The Morgan fingerprint density at radius 3 is 2.91 bits per heavy atom. The second-order valence-corrected chi connectivity index (χ2v) is 8.88. The molecule has 6 rings (SSSR count). The summed E-state index contributed by atoms with van der Waals surface area (Å²) in [4.78, 5) is 12.5. The predicted octanol–water partition coefficient (Wildman–Crippen LogP) is 6.58. The number of aromatic nitrogens is 4. The van der Waals surface area contributed by atoms with Crippen molar-refractivity contribution in [3.8, 4) is 17.1 Å². The van der Waals surface area contributed by atoms with Gasteiger partial charge < -0.3 is 14.3 Å². The Morgan fingerprint density at radius 1 is 1.09 bits per heavy atom. The number of benzene rings is 2. The number of hydrogen-bond donors (Lipinski definition) is 1. The van der Waals surface area contributed by atoms with E-state index in [1.807, 2.05) is 67.3 Å². The van der Waals surface area contributed by atoms with Crippen molar-refractivity contribution in [2.45, 2.75) is 31.9 Å². The number of H-pyrrole nitrogens is 1. The highest BCUT2D eigenvalue weighted by molar-refractivity contribution is 6.31. The third kappa shape index (κ3) is 3.79. The van der Waals surface area contributed by atoms with Gasteiger partial charge in [-0.25, -0.2) is 9.97 Å². The number of hydrogen-bond acceptors (Lipinski definition) is 3. The largest absolute Gasteiger partial charge is 0.473 e. The van der Waals surface area contributed by atoms with Crippen molar-refractivity contribution < 1.29 is 4.74 Å². The van der Waals surface area contributed by atoms with E-state index in [4.69, 9.17) is 21.3 Å². The maximum absolute atomic E-state index is 6.60. The van der Waals surface area contributed by atoms with Gasteiger partial charge in [0.1, 0.15) is 6.61 Å². The molecule has 3 aromatic heterocycles. The Hall–Kier alpha value is -3.57. The Balaban J connectivity index is 1.31. The van der Waals surface area contributed by atoms with Crippen LogP contribution in [0.1, 0.15) is 35.6 Å². The zero-order valence-electron chi connectivity index (χ0n) is 18.0. The summed E-state index contributed by atoms with van der Waals surface area (Å²) < 4.78 is 8.15. The van der Waals surface area contributed by atoms with Crippen LogP contribution in [0.25, 0.3) is 22.2 Å². The van der Waals surface area contributed by atoms with Crippen molar-refractivity contribution in [3.63, 3.8) is 0 Å². The summed E-state index contributed by atoms with van der Waals surface area (Å²) in [6.07, 6.45) is 11.1. The lowest BCUT2D eigenvalue weighted by atomic mass is 9.87. The van der Waals surface area contributed by atoms with E-state index in [2.05, 4.69) is 26.8 Å². The number of fused-ring (bicyclic) bond motifs is 2. The standard InChI is InChI=1S/C27H23ClN4O/c28-22-10-4-8-19-9-5-11-25(27(19)22)32-15-24(31-17-32)21-13-29-23-14-30-26(12-20(21)23)33-16-18-6-2-1-3-7-18/h1-4,6-8,10,12-15,17,25,29H,5,9,11,16H2. The molecule has 0 saturated carbocycles. The quantitative estimate of drug-likeness (QED) is 0.326. The predicted molar refractivity (Wildman–Crippen MR) is 131 cm³/mol. The molecule has 0 amide bonds. The zero-order valence-corrected chi connectivity index (χ0v) is 18.8. The van der Waals surface area contributed by atoms with Crippen LogP contribution in [0.2, 0.25) is 5.02 Å². The van der Waals surface area contributed by atoms with Gasteiger partial charge in [0.05, 0.1) is 29.8 Å². The highest BCUT2D eigenvalue weighted by atomic mass is 35.5. The van der Waals surface area contributed by atoms with Crippen LogP contribution < -0.4 is 4.74 Å². The van der Waals surface area contributed by atoms with Gasteiger partial charge in [-0.2, -0.15) is 0 Å². The van der Waals surface area contributed by atoms with Gasteiger partial charge in [0.2, 0.25) is 5.88 Å². The Kier molecular flexibility index (Phi) is 5.11. The SMILES string of the molecule is Clc1cccc2c1C(n1cnc(-c3c[nH]c4cnc(OCc5ccccc5)cc34)c1)CCC2. The van der Waals surface area contributed by atoms with Crippen molar-refractivity contribution in [1.29, 1.82) is 0 Å². The summed E-state index contributed by atoms with van der Waals surface area (Å²) >= 11 is 6.60. The smallest absolute Gasteiger partial charge is 0.214 e. The van der Waals surface area contributed by atoms with E-state index in [9.17, 15) is 0 Å². The van der Waals surface area contributed by atoms with E-state index in [-0.39, 0.29) is 6.04 Å². The third-order valence-electron chi connectivity index (χ3n) is 6.41. The fourth-order valence-corrected chi connectivity index (χ4v) is 5.09. The molecule has 0 fully saturated rings. The summed E-state index contributed by atoms with van der Waals surface area (Å²) in [5.41, 5.74) is 6.59. The molecule has 5 aromatic rings. The highest BCUT2D eigenvalue weighted by Gasteiger charge is 2.24. The molecule has 164 valence electrons. The summed E-state index contributed by atoms with van der Waals surface area (Å²) in [7, 11) is 0. The van der Waals surface area contributed by atoms with Crippen LogP contribution in [0.4, 0.5) is 0 Å². The molecule has 2 aromatic carbocycles. The van der Waals surface area contributed by atoms with E-state index >= 15 is 0 Å². The summed E-state index contributed by atoms with van der Waals surface area (Å²) in [6, 6.07) is 18.5. The van der Waals surface area contributed by atoms with E-state index in [1.54, 1.807) is 0 Å². The normalized spacial score (nSPS) is 15.5. The monoisotopic (exact) mass is 454 g/mol. The minimum Gasteiger partial charge on any atom is -0.473 e. The molecular weight excluding hydrogens is 432 g/mol. The van der Waals surface area contributed by atoms with E-state index in [1.165, 1.54) is 11.1 Å². The summed E-state index contributed by atoms with van der Waals surface area (Å²) in [6.45, 7) is 0.482. The van der Waals surface area contributed by atoms with E-state index in [0.717, 1.165) is 52.0 Å². The van der Waals surface area contributed by atoms with Crippen LogP contribution in [-0.4, -0.2) is 19.5 Å². The molecule has 0 bridgehead atoms. The molecule has 1 atom stereocenters. The summed E-state index contributed by atoms with van der Waals surface area (Å²) in [5.74, 6) is 0.597. The maximum atomic E-state index is 6.60. The fraction of sp³-hybridized carbons (Fsp3) is 0.185. The first kappa shape index (κ1) is 20.1. The molecular formula is C27H23ClN4O. The highest BCUT2D eigenvalue weighted by Crippen LogP contribution is 2.38. The number of nitrogens with one attached hydrogen (secondary N) is 1. The number of imidazole rings is 1. The van der Waals surface area contributed by atoms with Crippen molar-refractivity contribution in [3.05, 3.63) is 101 Å². The Morgan fingerprint density at radius 2 is 2.00 bits per heavy atom. The molecule has 0 aliphatic heterocycles. The average molecular weight is 455 g/mol. The molecule has 1 N–H and O–H groups in total.